The van der Waals surface area contributed by atoms with Gasteiger partial charge in [-0.2, -0.15) is 0 Å². The molecule has 0 aliphatic carbocycles. The number of rotatable bonds is 3. The number of hydrogen-bond acceptors (Lipinski definition) is 1. The van der Waals surface area contributed by atoms with Gasteiger partial charge < -0.3 is 4.74 Å². The standard InChI is InChI=1S/C17H18F2O/c1-17(2,3)16-14(18)9-13(10-15(16)19)20-11-12-7-5-4-6-8-12/h4-10H,11H2,1-3H3. The van der Waals surface area contributed by atoms with Gasteiger partial charge in [0.1, 0.15) is 24.0 Å². The topological polar surface area (TPSA) is 9.23 Å². The van der Waals surface area contributed by atoms with Crippen molar-refractivity contribution in [3.05, 3.63) is 65.2 Å². The Morgan fingerprint density at radius 3 is 2.00 bits per heavy atom. The predicted octanol–water partition coefficient (Wildman–Crippen LogP) is 4.84. The first-order chi connectivity index (χ1) is 9.38. The van der Waals surface area contributed by atoms with Crippen molar-refractivity contribution in [2.24, 2.45) is 0 Å². The molecule has 1 nitrogen and oxygen atoms in total. The molecule has 0 saturated heterocycles. The molecule has 0 bridgehead atoms. The number of halogens is 2. The maximum atomic E-state index is 14.0. The minimum absolute atomic E-state index is 0.0876. The van der Waals surface area contributed by atoms with E-state index in [-0.39, 0.29) is 17.9 Å². The van der Waals surface area contributed by atoms with E-state index < -0.39 is 17.0 Å². The molecule has 20 heavy (non-hydrogen) atoms. The van der Waals surface area contributed by atoms with Crippen molar-refractivity contribution in [2.75, 3.05) is 0 Å². The quantitative estimate of drug-likeness (QED) is 0.779. The lowest BCUT2D eigenvalue weighted by Gasteiger charge is -2.21. The molecule has 0 atom stereocenters. The second-order valence-electron chi connectivity index (χ2n) is 5.79. The molecule has 3 heteroatoms. The Labute approximate surface area is 118 Å². The van der Waals surface area contributed by atoms with Gasteiger partial charge in [0.05, 0.1) is 0 Å². The Balaban J connectivity index is 2.19. The number of benzene rings is 2. The minimum Gasteiger partial charge on any atom is -0.489 e. The Bertz CT molecular complexity index is 563. The lowest BCUT2D eigenvalue weighted by atomic mass is 9.86. The van der Waals surface area contributed by atoms with Crippen LogP contribution in [-0.2, 0) is 12.0 Å². The van der Waals surface area contributed by atoms with E-state index >= 15 is 0 Å². The lowest BCUT2D eigenvalue weighted by molar-refractivity contribution is 0.301. The number of ether oxygens (including phenoxy) is 1. The Morgan fingerprint density at radius 2 is 1.50 bits per heavy atom. The van der Waals surface area contributed by atoms with Crippen LogP contribution < -0.4 is 4.74 Å². The van der Waals surface area contributed by atoms with Gasteiger partial charge >= 0.3 is 0 Å². The van der Waals surface area contributed by atoms with E-state index in [1.165, 1.54) is 12.1 Å². The predicted molar refractivity (Wildman–Crippen MR) is 75.8 cm³/mol. The lowest BCUT2D eigenvalue weighted by Crippen LogP contribution is -2.16. The zero-order chi connectivity index (χ0) is 14.8. The molecule has 0 aromatic heterocycles. The fraction of sp³-hybridized carbons (Fsp3) is 0.294. The SMILES string of the molecule is CC(C)(C)c1c(F)cc(OCc2ccccc2)cc1F. The first kappa shape index (κ1) is 14.5. The molecule has 0 spiro atoms. The van der Waals surface area contributed by atoms with E-state index in [1.54, 1.807) is 20.8 Å². The molecule has 0 radical (unpaired) electrons. The molecule has 0 aliphatic heterocycles. The molecule has 2 rings (SSSR count). The third-order valence-corrected chi connectivity index (χ3v) is 3.01. The zero-order valence-electron chi connectivity index (χ0n) is 11.9. The smallest absolute Gasteiger partial charge is 0.133 e. The molecule has 0 amide bonds. The number of hydrogen-bond donors (Lipinski definition) is 0. The van der Waals surface area contributed by atoms with Crippen LogP contribution in [0.15, 0.2) is 42.5 Å². The largest absolute Gasteiger partial charge is 0.489 e. The molecule has 0 heterocycles. The highest BCUT2D eigenvalue weighted by Crippen LogP contribution is 2.31. The molecule has 0 unspecified atom stereocenters. The summed E-state index contributed by atoms with van der Waals surface area (Å²) in [5, 5.41) is 0. The molecule has 0 N–H and O–H groups in total. The van der Waals surface area contributed by atoms with Gasteiger partial charge in [-0.1, -0.05) is 51.1 Å². The summed E-state index contributed by atoms with van der Waals surface area (Å²) in [6, 6.07) is 12.0. The van der Waals surface area contributed by atoms with Crippen molar-refractivity contribution in [2.45, 2.75) is 32.8 Å². The summed E-state index contributed by atoms with van der Waals surface area (Å²) in [6.45, 7) is 5.62. The summed E-state index contributed by atoms with van der Waals surface area (Å²) in [5.41, 5.74) is 0.462. The molecular weight excluding hydrogens is 258 g/mol. The molecule has 0 saturated carbocycles. The fourth-order valence-electron chi connectivity index (χ4n) is 2.09. The van der Waals surface area contributed by atoms with Gasteiger partial charge in [-0.15, -0.1) is 0 Å². The Kier molecular flexibility index (Phi) is 4.07. The summed E-state index contributed by atoms with van der Waals surface area (Å²) in [4.78, 5) is 0. The van der Waals surface area contributed by atoms with Gasteiger partial charge in [0.2, 0.25) is 0 Å². The van der Waals surface area contributed by atoms with Gasteiger partial charge in [-0.25, -0.2) is 8.78 Å². The summed E-state index contributed by atoms with van der Waals surface area (Å²) < 4.78 is 33.5. The average Bonchev–Trinajstić information content (AvgIpc) is 2.35. The molecule has 2 aromatic rings. The zero-order valence-corrected chi connectivity index (χ0v) is 11.9. The normalized spacial score (nSPS) is 11.4. The second kappa shape index (κ2) is 5.61. The second-order valence-corrected chi connectivity index (χ2v) is 5.79. The highest BCUT2D eigenvalue weighted by molar-refractivity contribution is 5.34. The Hall–Kier alpha value is -1.90. The van der Waals surface area contributed by atoms with E-state index in [9.17, 15) is 8.78 Å². The van der Waals surface area contributed by atoms with Crippen LogP contribution >= 0.6 is 0 Å². The minimum atomic E-state index is -0.577. The highest BCUT2D eigenvalue weighted by Gasteiger charge is 2.24. The average molecular weight is 276 g/mol. The first-order valence-corrected chi connectivity index (χ1v) is 6.54. The first-order valence-electron chi connectivity index (χ1n) is 6.54. The summed E-state index contributed by atoms with van der Waals surface area (Å²) >= 11 is 0. The van der Waals surface area contributed by atoms with E-state index in [2.05, 4.69) is 0 Å². The maximum Gasteiger partial charge on any atom is 0.133 e. The summed E-state index contributed by atoms with van der Waals surface area (Å²) in [5.74, 6) is -0.932. The van der Waals surface area contributed by atoms with Gasteiger partial charge in [-0.05, 0) is 11.0 Å². The molecule has 0 fully saturated rings. The Morgan fingerprint density at radius 1 is 0.950 bits per heavy atom. The van der Waals surface area contributed by atoms with Crippen LogP contribution in [-0.4, -0.2) is 0 Å². The van der Waals surface area contributed by atoms with Crippen LogP contribution in [0.5, 0.6) is 5.75 Å². The van der Waals surface area contributed by atoms with Gasteiger partial charge in [-0.3, -0.25) is 0 Å². The van der Waals surface area contributed by atoms with Crippen molar-refractivity contribution >= 4 is 0 Å². The summed E-state index contributed by atoms with van der Waals surface area (Å²) in [6.07, 6.45) is 0. The van der Waals surface area contributed by atoms with Gasteiger partial charge in [0.15, 0.2) is 0 Å². The van der Waals surface area contributed by atoms with Crippen molar-refractivity contribution < 1.29 is 13.5 Å². The van der Waals surface area contributed by atoms with Crippen LogP contribution in [0, 0.1) is 11.6 Å². The molecule has 106 valence electrons. The monoisotopic (exact) mass is 276 g/mol. The van der Waals surface area contributed by atoms with Gasteiger partial charge in [0, 0.05) is 17.7 Å². The van der Waals surface area contributed by atoms with E-state index in [0.717, 1.165) is 5.56 Å². The molecule has 0 aliphatic rings. The summed E-state index contributed by atoms with van der Waals surface area (Å²) in [7, 11) is 0. The van der Waals surface area contributed by atoms with Crippen molar-refractivity contribution in [3.63, 3.8) is 0 Å². The van der Waals surface area contributed by atoms with Crippen LogP contribution in [0.2, 0.25) is 0 Å². The van der Waals surface area contributed by atoms with Crippen molar-refractivity contribution in [1.29, 1.82) is 0 Å². The third kappa shape index (κ3) is 3.35. The maximum absolute atomic E-state index is 14.0. The van der Waals surface area contributed by atoms with Crippen molar-refractivity contribution in [1.82, 2.24) is 0 Å². The fourth-order valence-corrected chi connectivity index (χ4v) is 2.09. The van der Waals surface area contributed by atoms with E-state index in [1.807, 2.05) is 30.3 Å². The van der Waals surface area contributed by atoms with Crippen LogP contribution in [0.3, 0.4) is 0 Å². The van der Waals surface area contributed by atoms with Crippen LogP contribution in [0.4, 0.5) is 8.78 Å². The molecular formula is C17H18F2O. The van der Waals surface area contributed by atoms with E-state index in [0.29, 0.717) is 0 Å². The highest BCUT2D eigenvalue weighted by atomic mass is 19.1. The molecule has 2 aromatic carbocycles. The van der Waals surface area contributed by atoms with Crippen molar-refractivity contribution in [3.8, 4) is 5.75 Å². The van der Waals surface area contributed by atoms with Gasteiger partial charge in [0.25, 0.3) is 0 Å². The van der Waals surface area contributed by atoms with Crippen LogP contribution in [0.1, 0.15) is 31.9 Å². The van der Waals surface area contributed by atoms with Crippen LogP contribution in [0.25, 0.3) is 0 Å². The van der Waals surface area contributed by atoms with E-state index in [4.69, 9.17) is 4.74 Å². The third-order valence-electron chi connectivity index (χ3n) is 3.01.